The van der Waals surface area contributed by atoms with Crippen LogP contribution < -0.4 is 5.32 Å². The van der Waals surface area contributed by atoms with Gasteiger partial charge in [0, 0.05) is 6.04 Å². The molecule has 0 bridgehead atoms. The first-order valence-corrected chi connectivity index (χ1v) is 4.46. The number of hydrogen-bond donors (Lipinski definition) is 1. The quantitative estimate of drug-likeness (QED) is 0.635. The molecule has 1 unspecified atom stereocenters. The van der Waals surface area contributed by atoms with Crippen LogP contribution in [0.3, 0.4) is 0 Å². The summed E-state index contributed by atoms with van der Waals surface area (Å²) < 4.78 is 0. The molecule has 10 heavy (non-hydrogen) atoms. The highest BCUT2D eigenvalue weighted by Gasteiger charge is 2.34. The second kappa shape index (κ2) is 2.91. The summed E-state index contributed by atoms with van der Waals surface area (Å²) in [5.41, 5.74) is 0.568. The van der Waals surface area contributed by atoms with Crippen molar-refractivity contribution in [3.05, 3.63) is 0 Å². The summed E-state index contributed by atoms with van der Waals surface area (Å²) in [6.45, 7) is 8.22. The molecule has 0 spiro atoms. The maximum Gasteiger partial charge on any atom is 0.0133 e. The Morgan fingerprint density at radius 2 is 1.90 bits per heavy atom. The highest BCUT2D eigenvalue weighted by Crippen LogP contribution is 2.34. The van der Waals surface area contributed by atoms with E-state index in [-0.39, 0.29) is 0 Å². The Kier molecular flexibility index (Phi) is 2.35. The first-order chi connectivity index (χ1) is 4.73. The van der Waals surface area contributed by atoms with Crippen LogP contribution in [0.15, 0.2) is 0 Å². The first kappa shape index (κ1) is 8.06. The summed E-state index contributed by atoms with van der Waals surface area (Å²) in [5, 5.41) is 3.49. The van der Waals surface area contributed by atoms with Crippen LogP contribution in [-0.4, -0.2) is 12.6 Å². The fraction of sp³-hybridized carbons (Fsp3) is 1.00. The molecule has 1 nitrogen and oxygen atoms in total. The molecule has 0 aromatic rings. The van der Waals surface area contributed by atoms with E-state index in [4.69, 9.17) is 0 Å². The summed E-state index contributed by atoms with van der Waals surface area (Å²) in [7, 11) is 0. The van der Waals surface area contributed by atoms with Crippen molar-refractivity contribution in [2.75, 3.05) is 6.54 Å². The van der Waals surface area contributed by atoms with Crippen LogP contribution in [0.1, 0.15) is 40.0 Å². The predicted octanol–water partition coefficient (Wildman–Crippen LogP) is 2.17. The van der Waals surface area contributed by atoms with Gasteiger partial charge in [0.2, 0.25) is 0 Å². The second-order valence-electron chi connectivity index (χ2n) is 3.66. The molecule has 0 aliphatic carbocycles. The largest absolute Gasteiger partial charge is 0.313 e. The van der Waals surface area contributed by atoms with E-state index in [9.17, 15) is 0 Å². The van der Waals surface area contributed by atoms with Crippen LogP contribution in [0.5, 0.6) is 0 Å². The van der Waals surface area contributed by atoms with E-state index in [1.54, 1.807) is 0 Å². The molecule has 1 aliphatic heterocycles. The van der Waals surface area contributed by atoms with Crippen LogP contribution in [0.2, 0.25) is 0 Å². The lowest BCUT2D eigenvalue weighted by molar-refractivity contribution is 0.139. The van der Waals surface area contributed by atoms with Gasteiger partial charge in [-0.05, 0) is 31.2 Å². The summed E-state index contributed by atoms with van der Waals surface area (Å²) in [6.07, 6.45) is 4.00. The van der Waals surface area contributed by atoms with E-state index in [0.717, 1.165) is 6.04 Å². The maximum absolute atomic E-state index is 3.49. The third kappa shape index (κ3) is 1.20. The average molecular weight is 141 g/mol. The molecule has 1 N–H and O–H groups in total. The Hall–Kier alpha value is -0.0400. The molecule has 0 aromatic heterocycles. The minimum atomic E-state index is 0.568. The molecule has 0 saturated carbocycles. The van der Waals surface area contributed by atoms with Gasteiger partial charge in [-0.15, -0.1) is 0 Å². The molecule has 1 atom stereocenters. The smallest absolute Gasteiger partial charge is 0.0133 e. The Balaban J connectivity index is 2.44. The lowest BCUT2D eigenvalue weighted by Gasteiger charge is -2.43. The molecule has 1 fully saturated rings. The van der Waals surface area contributed by atoms with Crippen LogP contribution in [0.4, 0.5) is 0 Å². The van der Waals surface area contributed by atoms with Gasteiger partial charge in [0.25, 0.3) is 0 Å². The van der Waals surface area contributed by atoms with Crippen LogP contribution in [0.25, 0.3) is 0 Å². The highest BCUT2D eigenvalue weighted by molar-refractivity contribution is 4.91. The van der Waals surface area contributed by atoms with Gasteiger partial charge in [-0.2, -0.15) is 0 Å². The summed E-state index contributed by atoms with van der Waals surface area (Å²) >= 11 is 0. The van der Waals surface area contributed by atoms with Gasteiger partial charge in [0.15, 0.2) is 0 Å². The zero-order valence-corrected chi connectivity index (χ0v) is 7.41. The Morgan fingerprint density at radius 3 is 2.00 bits per heavy atom. The van der Waals surface area contributed by atoms with E-state index >= 15 is 0 Å². The molecule has 0 amide bonds. The first-order valence-electron chi connectivity index (χ1n) is 4.46. The number of nitrogens with one attached hydrogen (secondary N) is 1. The zero-order chi connectivity index (χ0) is 7.61. The van der Waals surface area contributed by atoms with E-state index in [1.165, 1.54) is 25.8 Å². The Bertz CT molecular complexity index is 101. The fourth-order valence-electron chi connectivity index (χ4n) is 1.63. The SMILES string of the molecule is CCC(C)(CC)C1CCN1. The third-order valence-electron chi connectivity index (χ3n) is 3.28. The van der Waals surface area contributed by atoms with Crippen LogP contribution in [-0.2, 0) is 0 Å². The van der Waals surface area contributed by atoms with E-state index in [0.29, 0.717) is 5.41 Å². The zero-order valence-electron chi connectivity index (χ0n) is 7.41. The summed E-state index contributed by atoms with van der Waals surface area (Å²) in [5.74, 6) is 0. The topological polar surface area (TPSA) is 12.0 Å². The van der Waals surface area contributed by atoms with Gasteiger partial charge in [0.1, 0.15) is 0 Å². The fourth-order valence-corrected chi connectivity index (χ4v) is 1.63. The summed E-state index contributed by atoms with van der Waals surface area (Å²) in [4.78, 5) is 0. The molecule has 1 aliphatic rings. The molecule has 60 valence electrons. The third-order valence-corrected chi connectivity index (χ3v) is 3.28. The summed E-state index contributed by atoms with van der Waals surface area (Å²) in [6, 6.07) is 0.808. The van der Waals surface area contributed by atoms with Crippen molar-refractivity contribution in [2.45, 2.75) is 46.1 Å². The van der Waals surface area contributed by atoms with Crippen molar-refractivity contribution in [3.8, 4) is 0 Å². The van der Waals surface area contributed by atoms with Crippen molar-refractivity contribution in [2.24, 2.45) is 5.41 Å². The van der Waals surface area contributed by atoms with Crippen molar-refractivity contribution in [1.29, 1.82) is 0 Å². The standard InChI is InChI=1S/C9H19N/c1-4-9(3,5-2)8-6-7-10-8/h8,10H,4-7H2,1-3H3. The minimum Gasteiger partial charge on any atom is -0.313 e. The van der Waals surface area contributed by atoms with Crippen molar-refractivity contribution < 1.29 is 0 Å². The Labute approximate surface area is 64.2 Å². The minimum absolute atomic E-state index is 0.568. The molecule has 1 saturated heterocycles. The van der Waals surface area contributed by atoms with Crippen LogP contribution in [0, 0.1) is 5.41 Å². The lowest BCUT2D eigenvalue weighted by atomic mass is 9.73. The van der Waals surface area contributed by atoms with Gasteiger partial charge in [-0.3, -0.25) is 0 Å². The van der Waals surface area contributed by atoms with Gasteiger partial charge >= 0.3 is 0 Å². The molecular formula is C9H19N. The average Bonchev–Trinajstić information content (AvgIpc) is 1.84. The van der Waals surface area contributed by atoms with E-state index < -0.39 is 0 Å². The molecule has 1 rings (SSSR count). The predicted molar refractivity (Wildman–Crippen MR) is 45.1 cm³/mol. The molecule has 0 aromatic carbocycles. The highest BCUT2D eigenvalue weighted by atomic mass is 15.0. The van der Waals surface area contributed by atoms with Crippen molar-refractivity contribution in [3.63, 3.8) is 0 Å². The second-order valence-corrected chi connectivity index (χ2v) is 3.66. The van der Waals surface area contributed by atoms with E-state index in [2.05, 4.69) is 26.1 Å². The monoisotopic (exact) mass is 141 g/mol. The van der Waals surface area contributed by atoms with Gasteiger partial charge in [-0.25, -0.2) is 0 Å². The van der Waals surface area contributed by atoms with Crippen molar-refractivity contribution in [1.82, 2.24) is 5.32 Å². The van der Waals surface area contributed by atoms with Gasteiger partial charge in [-0.1, -0.05) is 20.8 Å². The lowest BCUT2D eigenvalue weighted by Crippen LogP contribution is -2.52. The van der Waals surface area contributed by atoms with Crippen molar-refractivity contribution >= 4 is 0 Å². The molecular weight excluding hydrogens is 122 g/mol. The number of rotatable bonds is 3. The van der Waals surface area contributed by atoms with Crippen LogP contribution >= 0.6 is 0 Å². The van der Waals surface area contributed by atoms with E-state index in [1.807, 2.05) is 0 Å². The van der Waals surface area contributed by atoms with Gasteiger partial charge < -0.3 is 5.32 Å². The van der Waals surface area contributed by atoms with Gasteiger partial charge in [0.05, 0.1) is 0 Å². The number of hydrogen-bond acceptors (Lipinski definition) is 1. The normalized spacial score (nSPS) is 26.1. The molecule has 0 radical (unpaired) electrons. The molecule has 1 heterocycles. The Morgan fingerprint density at radius 1 is 1.40 bits per heavy atom. The molecule has 1 heteroatoms. The maximum atomic E-state index is 3.49.